The van der Waals surface area contributed by atoms with Crippen LogP contribution >= 0.6 is 24.0 Å². The average Bonchev–Trinajstić information content (AvgIpc) is 3.16. The fraction of sp³-hybridized carbons (Fsp3) is 0.609. The number of H-pyrrole nitrogens is 1. The first kappa shape index (κ1) is 24.9. The van der Waals surface area contributed by atoms with E-state index in [1.165, 1.54) is 49.2 Å². The SMILES string of the molecule is CCNC(=NCC(C)CN1CCN(CC)CC1)NCCc1c[nH]c2ccccc12.I. The maximum absolute atomic E-state index is 4.84. The summed E-state index contributed by atoms with van der Waals surface area (Å²) in [4.78, 5) is 13.3. The number of likely N-dealkylation sites (N-methyl/N-ethyl adjacent to an activating group) is 1. The molecule has 0 radical (unpaired) electrons. The van der Waals surface area contributed by atoms with Gasteiger partial charge in [0.2, 0.25) is 0 Å². The van der Waals surface area contributed by atoms with Crippen molar-refractivity contribution in [1.29, 1.82) is 0 Å². The average molecular weight is 527 g/mol. The molecule has 0 bridgehead atoms. The number of aromatic amines is 1. The minimum absolute atomic E-state index is 0. The topological polar surface area (TPSA) is 58.7 Å². The van der Waals surface area contributed by atoms with Crippen molar-refractivity contribution in [3.05, 3.63) is 36.0 Å². The molecule has 1 aliphatic heterocycles. The standard InChI is InChI=1S/C23H38N6.HI/c1-4-24-23(25-11-10-20-17-26-22-9-7-6-8-21(20)22)27-16-19(3)18-29-14-12-28(5-2)13-15-29;/h6-9,17,19,26H,4-5,10-16,18H2,1-3H3,(H2,24,25,27);1H. The first-order valence-corrected chi connectivity index (χ1v) is 11.2. The van der Waals surface area contributed by atoms with Crippen LogP contribution < -0.4 is 10.6 Å². The summed E-state index contributed by atoms with van der Waals surface area (Å²) in [6.45, 7) is 16.4. The van der Waals surface area contributed by atoms with E-state index in [2.05, 4.69) is 76.7 Å². The summed E-state index contributed by atoms with van der Waals surface area (Å²) in [7, 11) is 0. The molecule has 3 N–H and O–H groups in total. The minimum Gasteiger partial charge on any atom is -0.361 e. The number of guanidine groups is 1. The van der Waals surface area contributed by atoms with Gasteiger partial charge < -0.3 is 25.4 Å². The highest BCUT2D eigenvalue weighted by Crippen LogP contribution is 2.17. The maximum Gasteiger partial charge on any atom is 0.191 e. The highest BCUT2D eigenvalue weighted by molar-refractivity contribution is 14.0. The minimum atomic E-state index is 0. The number of fused-ring (bicyclic) bond motifs is 1. The van der Waals surface area contributed by atoms with Gasteiger partial charge in [-0.25, -0.2) is 0 Å². The van der Waals surface area contributed by atoms with E-state index in [4.69, 9.17) is 4.99 Å². The van der Waals surface area contributed by atoms with Crippen molar-refractivity contribution in [1.82, 2.24) is 25.4 Å². The van der Waals surface area contributed by atoms with Gasteiger partial charge in [0.25, 0.3) is 0 Å². The van der Waals surface area contributed by atoms with Gasteiger partial charge in [0.05, 0.1) is 0 Å². The quantitative estimate of drug-likeness (QED) is 0.267. The zero-order valence-corrected chi connectivity index (χ0v) is 21.1. The van der Waals surface area contributed by atoms with E-state index in [9.17, 15) is 0 Å². The lowest BCUT2D eigenvalue weighted by molar-refractivity contribution is 0.125. The van der Waals surface area contributed by atoms with Crippen LogP contribution in [0.25, 0.3) is 10.9 Å². The Morgan fingerprint density at radius 2 is 1.83 bits per heavy atom. The van der Waals surface area contributed by atoms with Gasteiger partial charge >= 0.3 is 0 Å². The predicted molar refractivity (Wildman–Crippen MR) is 139 cm³/mol. The van der Waals surface area contributed by atoms with E-state index in [1.807, 2.05) is 0 Å². The molecule has 0 spiro atoms. The summed E-state index contributed by atoms with van der Waals surface area (Å²) in [6.07, 6.45) is 3.10. The Labute approximate surface area is 198 Å². The van der Waals surface area contributed by atoms with E-state index >= 15 is 0 Å². The van der Waals surface area contributed by atoms with Gasteiger partial charge in [-0.15, -0.1) is 24.0 Å². The monoisotopic (exact) mass is 526 g/mol. The van der Waals surface area contributed by atoms with Gasteiger partial charge in [0.1, 0.15) is 0 Å². The Hall–Kier alpha value is -1.32. The summed E-state index contributed by atoms with van der Waals surface area (Å²) in [5.74, 6) is 1.49. The summed E-state index contributed by atoms with van der Waals surface area (Å²) in [5.41, 5.74) is 2.56. The predicted octanol–water partition coefficient (Wildman–Crippen LogP) is 3.16. The first-order chi connectivity index (χ1) is 14.2. The molecule has 1 aromatic heterocycles. The highest BCUT2D eigenvalue weighted by atomic mass is 127. The lowest BCUT2D eigenvalue weighted by atomic mass is 10.1. The van der Waals surface area contributed by atoms with Crippen molar-refractivity contribution in [3.63, 3.8) is 0 Å². The molecule has 1 saturated heterocycles. The van der Waals surface area contributed by atoms with Gasteiger partial charge in [-0.2, -0.15) is 0 Å². The maximum atomic E-state index is 4.84. The molecule has 1 aromatic carbocycles. The van der Waals surface area contributed by atoms with E-state index in [0.29, 0.717) is 5.92 Å². The number of halogens is 1. The number of nitrogens with zero attached hydrogens (tertiary/aromatic N) is 3. The third-order valence-electron chi connectivity index (χ3n) is 5.75. The van der Waals surface area contributed by atoms with Crippen LogP contribution in [0.4, 0.5) is 0 Å². The molecule has 3 rings (SSSR count). The molecular weight excluding hydrogens is 487 g/mol. The Morgan fingerprint density at radius 1 is 1.10 bits per heavy atom. The van der Waals surface area contributed by atoms with Crippen molar-refractivity contribution in [2.75, 3.05) is 58.9 Å². The lowest BCUT2D eigenvalue weighted by Gasteiger charge is -2.35. The molecule has 0 aliphatic carbocycles. The number of benzene rings is 1. The second kappa shape index (κ2) is 13.2. The van der Waals surface area contributed by atoms with Crippen LogP contribution in [-0.2, 0) is 6.42 Å². The molecule has 6 nitrogen and oxygen atoms in total. The molecule has 168 valence electrons. The molecule has 1 aliphatic rings. The van der Waals surface area contributed by atoms with Gasteiger partial charge in [0, 0.05) is 69.5 Å². The summed E-state index contributed by atoms with van der Waals surface area (Å²) in [6, 6.07) is 8.48. The van der Waals surface area contributed by atoms with Crippen LogP contribution in [0.5, 0.6) is 0 Å². The molecular formula is C23H39IN6. The second-order valence-corrected chi connectivity index (χ2v) is 8.10. The molecule has 0 saturated carbocycles. The van der Waals surface area contributed by atoms with Gasteiger partial charge in [-0.3, -0.25) is 4.99 Å². The molecule has 1 atom stereocenters. The fourth-order valence-electron chi connectivity index (χ4n) is 4.03. The number of nitrogens with one attached hydrogen (secondary N) is 3. The van der Waals surface area contributed by atoms with Crippen molar-refractivity contribution in [2.24, 2.45) is 10.9 Å². The highest BCUT2D eigenvalue weighted by Gasteiger charge is 2.17. The van der Waals surface area contributed by atoms with Crippen LogP contribution in [0, 0.1) is 5.92 Å². The number of aromatic nitrogens is 1. The Kier molecular flexibility index (Phi) is 11.0. The number of aliphatic imine (C=N–C) groups is 1. The Morgan fingerprint density at radius 3 is 2.57 bits per heavy atom. The number of hydrogen-bond donors (Lipinski definition) is 3. The molecule has 2 heterocycles. The Balaban J connectivity index is 0.00000320. The van der Waals surface area contributed by atoms with Gasteiger partial charge in [-0.1, -0.05) is 32.0 Å². The van der Waals surface area contributed by atoms with Crippen LogP contribution in [0.1, 0.15) is 26.3 Å². The molecule has 2 aromatic rings. The summed E-state index contributed by atoms with van der Waals surface area (Å²) < 4.78 is 0. The number of rotatable bonds is 9. The van der Waals surface area contributed by atoms with Crippen LogP contribution in [-0.4, -0.2) is 79.6 Å². The molecule has 1 fully saturated rings. The largest absolute Gasteiger partial charge is 0.361 e. The number of hydrogen-bond acceptors (Lipinski definition) is 3. The van der Waals surface area contributed by atoms with Gasteiger partial charge in [-0.05, 0) is 37.4 Å². The second-order valence-electron chi connectivity index (χ2n) is 8.10. The summed E-state index contributed by atoms with van der Waals surface area (Å²) in [5, 5.41) is 8.20. The smallest absolute Gasteiger partial charge is 0.191 e. The van der Waals surface area contributed by atoms with Crippen molar-refractivity contribution in [2.45, 2.75) is 27.2 Å². The zero-order valence-electron chi connectivity index (χ0n) is 18.8. The molecule has 7 heteroatoms. The van der Waals surface area contributed by atoms with E-state index in [1.54, 1.807) is 0 Å². The van der Waals surface area contributed by atoms with E-state index in [0.717, 1.165) is 38.6 Å². The Bertz CT molecular complexity index is 766. The van der Waals surface area contributed by atoms with Crippen molar-refractivity contribution < 1.29 is 0 Å². The molecule has 30 heavy (non-hydrogen) atoms. The molecule has 0 amide bonds. The number of piperazine rings is 1. The van der Waals surface area contributed by atoms with Crippen LogP contribution in [0.2, 0.25) is 0 Å². The van der Waals surface area contributed by atoms with E-state index < -0.39 is 0 Å². The molecule has 1 unspecified atom stereocenters. The third-order valence-corrected chi connectivity index (χ3v) is 5.75. The zero-order chi connectivity index (χ0) is 20.5. The first-order valence-electron chi connectivity index (χ1n) is 11.2. The van der Waals surface area contributed by atoms with Crippen molar-refractivity contribution >= 4 is 40.8 Å². The fourth-order valence-corrected chi connectivity index (χ4v) is 4.03. The lowest BCUT2D eigenvalue weighted by Crippen LogP contribution is -2.47. The van der Waals surface area contributed by atoms with Crippen LogP contribution in [0.15, 0.2) is 35.5 Å². The van der Waals surface area contributed by atoms with Crippen LogP contribution in [0.3, 0.4) is 0 Å². The van der Waals surface area contributed by atoms with Gasteiger partial charge in [0.15, 0.2) is 5.96 Å². The third kappa shape index (κ3) is 7.42. The number of para-hydroxylation sites is 1. The van der Waals surface area contributed by atoms with Crippen molar-refractivity contribution in [3.8, 4) is 0 Å². The normalized spacial score (nSPS) is 17.0. The van der Waals surface area contributed by atoms with E-state index in [-0.39, 0.29) is 24.0 Å². The summed E-state index contributed by atoms with van der Waals surface area (Å²) >= 11 is 0.